The zero-order valence-electron chi connectivity index (χ0n) is 8.30. The van der Waals surface area contributed by atoms with Crippen LogP contribution >= 0.6 is 22.6 Å². The van der Waals surface area contributed by atoms with E-state index in [9.17, 15) is 0 Å². The summed E-state index contributed by atoms with van der Waals surface area (Å²) in [5.74, 6) is 0.993. The summed E-state index contributed by atoms with van der Waals surface area (Å²) in [4.78, 5) is 0. The Morgan fingerprint density at radius 3 is 2.54 bits per heavy atom. The van der Waals surface area contributed by atoms with Crippen LogP contribution in [0.2, 0.25) is 0 Å². The minimum absolute atomic E-state index is 0.251. The molecule has 0 radical (unpaired) electrons. The largest absolute Gasteiger partial charge is 0.490 e. The van der Waals surface area contributed by atoms with Crippen LogP contribution in [0, 0.1) is 3.57 Å². The van der Waals surface area contributed by atoms with E-state index in [0.29, 0.717) is 0 Å². The first-order valence-corrected chi connectivity index (χ1v) is 5.66. The Balaban J connectivity index is 2.85. The van der Waals surface area contributed by atoms with Gasteiger partial charge in [-0.1, -0.05) is 13.0 Å². The lowest BCUT2D eigenvalue weighted by Crippen LogP contribution is -2.06. The third kappa shape index (κ3) is 3.18. The Morgan fingerprint density at radius 1 is 1.38 bits per heavy atom. The van der Waals surface area contributed by atoms with Crippen molar-refractivity contribution in [1.82, 2.24) is 0 Å². The third-order valence-electron chi connectivity index (χ3n) is 1.77. The van der Waals surface area contributed by atoms with Crippen LogP contribution in [0.4, 0.5) is 0 Å². The van der Waals surface area contributed by atoms with Gasteiger partial charge in [0.25, 0.3) is 0 Å². The molecule has 1 nitrogen and oxygen atoms in total. The first kappa shape index (κ1) is 10.8. The van der Waals surface area contributed by atoms with Gasteiger partial charge in [-0.3, -0.25) is 0 Å². The summed E-state index contributed by atoms with van der Waals surface area (Å²) in [5.41, 5.74) is 1.36. The van der Waals surface area contributed by atoms with E-state index in [1.54, 1.807) is 0 Å². The maximum atomic E-state index is 5.64. The predicted octanol–water partition coefficient (Wildman–Crippen LogP) is 3.64. The van der Waals surface area contributed by atoms with Crippen LogP contribution in [0.5, 0.6) is 5.75 Å². The van der Waals surface area contributed by atoms with Gasteiger partial charge in [0.05, 0.1) is 9.67 Å². The molecule has 0 aliphatic heterocycles. The molecule has 0 bridgehead atoms. The average Bonchev–Trinajstić information content (AvgIpc) is 2.08. The molecule has 0 saturated heterocycles. The predicted molar refractivity (Wildman–Crippen MR) is 64.3 cm³/mol. The molecule has 0 heterocycles. The SMILES string of the molecule is CCc1ccc(OC(C)C)c(I)c1. The summed E-state index contributed by atoms with van der Waals surface area (Å²) < 4.78 is 6.84. The van der Waals surface area contributed by atoms with Gasteiger partial charge in [0.15, 0.2) is 0 Å². The second-order valence-electron chi connectivity index (χ2n) is 3.28. The molecule has 0 atom stereocenters. The minimum atomic E-state index is 0.251. The molecule has 1 aromatic rings. The van der Waals surface area contributed by atoms with Crippen LogP contribution in [-0.2, 0) is 6.42 Å². The fraction of sp³-hybridized carbons (Fsp3) is 0.455. The van der Waals surface area contributed by atoms with Crippen molar-refractivity contribution < 1.29 is 4.74 Å². The van der Waals surface area contributed by atoms with Crippen LogP contribution in [0.1, 0.15) is 26.3 Å². The van der Waals surface area contributed by atoms with E-state index in [1.807, 2.05) is 13.8 Å². The zero-order chi connectivity index (χ0) is 9.84. The fourth-order valence-electron chi connectivity index (χ4n) is 1.11. The van der Waals surface area contributed by atoms with Crippen LogP contribution < -0.4 is 4.74 Å². The van der Waals surface area contributed by atoms with Crippen molar-refractivity contribution in [1.29, 1.82) is 0 Å². The molecule has 2 heteroatoms. The Labute approximate surface area is 93.6 Å². The smallest absolute Gasteiger partial charge is 0.133 e. The second kappa shape index (κ2) is 4.84. The van der Waals surface area contributed by atoms with Crippen molar-refractivity contribution in [2.24, 2.45) is 0 Å². The van der Waals surface area contributed by atoms with Gasteiger partial charge in [-0.15, -0.1) is 0 Å². The van der Waals surface area contributed by atoms with Crippen LogP contribution in [-0.4, -0.2) is 6.10 Å². The number of benzene rings is 1. The number of ether oxygens (including phenoxy) is 1. The molecule has 0 spiro atoms. The van der Waals surface area contributed by atoms with Gasteiger partial charge in [-0.05, 0) is 60.6 Å². The van der Waals surface area contributed by atoms with E-state index in [4.69, 9.17) is 4.74 Å². The quantitative estimate of drug-likeness (QED) is 0.772. The summed E-state index contributed by atoms with van der Waals surface area (Å²) in [7, 11) is 0. The molecule has 1 rings (SSSR count). The summed E-state index contributed by atoms with van der Waals surface area (Å²) in [5, 5.41) is 0. The molecule has 0 saturated carbocycles. The van der Waals surface area contributed by atoms with Gasteiger partial charge < -0.3 is 4.74 Å². The monoisotopic (exact) mass is 290 g/mol. The maximum Gasteiger partial charge on any atom is 0.133 e. The third-order valence-corrected chi connectivity index (χ3v) is 2.61. The van der Waals surface area contributed by atoms with Gasteiger partial charge >= 0.3 is 0 Å². The van der Waals surface area contributed by atoms with Crippen molar-refractivity contribution in [3.05, 3.63) is 27.3 Å². The second-order valence-corrected chi connectivity index (χ2v) is 4.45. The first-order chi connectivity index (χ1) is 6.13. The first-order valence-electron chi connectivity index (χ1n) is 4.58. The maximum absolute atomic E-state index is 5.64. The van der Waals surface area contributed by atoms with Crippen molar-refractivity contribution in [2.75, 3.05) is 0 Å². The van der Waals surface area contributed by atoms with Gasteiger partial charge in [0, 0.05) is 0 Å². The van der Waals surface area contributed by atoms with Crippen LogP contribution in [0.25, 0.3) is 0 Å². The summed E-state index contributed by atoms with van der Waals surface area (Å²) in [6.07, 6.45) is 1.33. The van der Waals surface area contributed by atoms with E-state index in [0.717, 1.165) is 12.2 Å². The standard InChI is InChI=1S/C11H15IO/c1-4-9-5-6-11(10(12)7-9)13-8(2)3/h5-8H,4H2,1-3H3. The van der Waals surface area contributed by atoms with Crippen molar-refractivity contribution in [2.45, 2.75) is 33.3 Å². The van der Waals surface area contributed by atoms with Crippen molar-refractivity contribution >= 4 is 22.6 Å². The molecule has 0 amide bonds. The lowest BCUT2D eigenvalue weighted by Gasteiger charge is -2.11. The lowest BCUT2D eigenvalue weighted by atomic mass is 10.2. The topological polar surface area (TPSA) is 9.23 Å². The molecule has 0 N–H and O–H groups in total. The van der Waals surface area contributed by atoms with Gasteiger partial charge in [-0.2, -0.15) is 0 Å². The average molecular weight is 290 g/mol. The molecule has 1 aromatic carbocycles. The molecule has 13 heavy (non-hydrogen) atoms. The molecule has 0 aliphatic carbocycles. The Kier molecular flexibility index (Phi) is 4.03. The number of hydrogen-bond acceptors (Lipinski definition) is 1. The summed E-state index contributed by atoms with van der Waals surface area (Å²) >= 11 is 2.32. The summed E-state index contributed by atoms with van der Waals surface area (Å²) in [6, 6.07) is 6.36. The van der Waals surface area contributed by atoms with Gasteiger partial charge in [0.1, 0.15) is 5.75 Å². The highest BCUT2D eigenvalue weighted by atomic mass is 127. The number of hydrogen-bond donors (Lipinski definition) is 0. The summed E-state index contributed by atoms with van der Waals surface area (Å²) in [6.45, 7) is 6.25. The molecular formula is C11H15IO. The Morgan fingerprint density at radius 2 is 2.08 bits per heavy atom. The molecule has 0 unspecified atom stereocenters. The van der Waals surface area contributed by atoms with Crippen LogP contribution in [0.15, 0.2) is 18.2 Å². The van der Waals surface area contributed by atoms with Crippen LogP contribution in [0.3, 0.4) is 0 Å². The lowest BCUT2D eigenvalue weighted by molar-refractivity contribution is 0.240. The Hall–Kier alpha value is -0.250. The van der Waals surface area contributed by atoms with E-state index < -0.39 is 0 Å². The molecular weight excluding hydrogens is 275 g/mol. The number of rotatable bonds is 3. The highest BCUT2D eigenvalue weighted by molar-refractivity contribution is 14.1. The number of halogens is 1. The molecule has 0 aliphatic rings. The van der Waals surface area contributed by atoms with E-state index in [2.05, 4.69) is 47.7 Å². The molecule has 72 valence electrons. The van der Waals surface area contributed by atoms with E-state index >= 15 is 0 Å². The van der Waals surface area contributed by atoms with Crippen molar-refractivity contribution in [3.8, 4) is 5.75 Å². The van der Waals surface area contributed by atoms with Crippen molar-refractivity contribution in [3.63, 3.8) is 0 Å². The highest BCUT2D eigenvalue weighted by Crippen LogP contribution is 2.23. The molecule has 0 fully saturated rings. The number of aryl methyl sites for hydroxylation is 1. The highest BCUT2D eigenvalue weighted by Gasteiger charge is 2.03. The van der Waals surface area contributed by atoms with E-state index in [-0.39, 0.29) is 6.10 Å². The van der Waals surface area contributed by atoms with Gasteiger partial charge in [0.2, 0.25) is 0 Å². The fourth-order valence-corrected chi connectivity index (χ4v) is 1.82. The van der Waals surface area contributed by atoms with E-state index in [1.165, 1.54) is 9.13 Å². The molecule has 0 aromatic heterocycles. The van der Waals surface area contributed by atoms with Gasteiger partial charge in [-0.25, -0.2) is 0 Å². The normalized spacial score (nSPS) is 10.5. The Bertz CT molecular complexity index is 281. The minimum Gasteiger partial charge on any atom is -0.490 e. The zero-order valence-corrected chi connectivity index (χ0v) is 10.5.